The van der Waals surface area contributed by atoms with Gasteiger partial charge >= 0.3 is 0 Å². The Bertz CT molecular complexity index is 1500. The zero-order valence-electron chi connectivity index (χ0n) is 22.5. The number of thiazole rings is 1. The molecule has 1 aliphatic heterocycles. The molecule has 12 nitrogen and oxygen atoms in total. The quantitative estimate of drug-likeness (QED) is 0.282. The molecule has 0 saturated carbocycles. The lowest BCUT2D eigenvalue weighted by Gasteiger charge is -2.21. The van der Waals surface area contributed by atoms with Crippen LogP contribution in [0.15, 0.2) is 58.8 Å². The number of aromatic nitrogens is 3. The maximum atomic E-state index is 13.2. The van der Waals surface area contributed by atoms with Crippen LogP contribution in [0.4, 0.5) is 0 Å². The SMILES string of the molecule is C[C@@H]1NC(=O)[C@@H](NC(=O)Cc2cn3ccsc3n2)CCCCNC(=O)[C@H](Cc2ccccc2)NC(=O)c2coc1n2. The van der Waals surface area contributed by atoms with Crippen molar-refractivity contribution in [2.75, 3.05) is 6.54 Å². The van der Waals surface area contributed by atoms with Gasteiger partial charge < -0.3 is 25.7 Å². The number of imidazole rings is 1. The number of rotatable bonds is 5. The number of hydrogen-bond acceptors (Lipinski definition) is 8. The Morgan fingerprint density at radius 1 is 1.12 bits per heavy atom. The lowest BCUT2D eigenvalue weighted by molar-refractivity contribution is -0.129. The molecule has 214 valence electrons. The number of fused-ring (bicyclic) bond motifs is 3. The van der Waals surface area contributed by atoms with Crippen LogP contribution in [-0.4, -0.2) is 56.6 Å². The van der Waals surface area contributed by atoms with E-state index in [1.54, 1.807) is 13.1 Å². The number of amides is 4. The molecule has 4 aromatic rings. The molecule has 3 aromatic heterocycles. The summed E-state index contributed by atoms with van der Waals surface area (Å²) in [7, 11) is 0. The molecule has 3 atom stereocenters. The molecular weight excluding hydrogens is 546 g/mol. The third kappa shape index (κ3) is 7.17. The van der Waals surface area contributed by atoms with Crippen LogP contribution in [-0.2, 0) is 27.2 Å². The molecule has 4 amide bonds. The van der Waals surface area contributed by atoms with Crippen molar-refractivity contribution in [1.29, 1.82) is 0 Å². The van der Waals surface area contributed by atoms with Gasteiger partial charge in [-0.3, -0.25) is 23.6 Å². The summed E-state index contributed by atoms with van der Waals surface area (Å²) in [5.74, 6) is -1.49. The lowest BCUT2D eigenvalue weighted by Crippen LogP contribution is -2.49. The van der Waals surface area contributed by atoms with Crippen LogP contribution in [0.1, 0.15) is 59.9 Å². The van der Waals surface area contributed by atoms with Gasteiger partial charge in [0.15, 0.2) is 10.7 Å². The number of benzene rings is 1. The lowest BCUT2D eigenvalue weighted by atomic mass is 10.0. The van der Waals surface area contributed by atoms with Gasteiger partial charge in [-0.25, -0.2) is 9.97 Å². The second-order valence-electron chi connectivity index (χ2n) is 9.93. The molecule has 4 heterocycles. The number of oxazole rings is 1. The maximum Gasteiger partial charge on any atom is 0.273 e. The second-order valence-corrected chi connectivity index (χ2v) is 10.8. The Kier molecular flexibility index (Phi) is 8.73. The van der Waals surface area contributed by atoms with E-state index in [1.807, 2.05) is 46.3 Å². The molecule has 0 saturated heterocycles. The molecule has 0 radical (unpaired) electrons. The Labute approximate surface area is 239 Å². The minimum Gasteiger partial charge on any atom is -0.446 e. The maximum absolute atomic E-state index is 13.2. The van der Waals surface area contributed by atoms with Gasteiger partial charge in [-0.05, 0) is 31.7 Å². The van der Waals surface area contributed by atoms with E-state index in [-0.39, 0.29) is 29.8 Å². The van der Waals surface area contributed by atoms with E-state index in [2.05, 4.69) is 31.2 Å². The predicted octanol–water partition coefficient (Wildman–Crippen LogP) is 1.93. The highest BCUT2D eigenvalue weighted by atomic mass is 32.1. The summed E-state index contributed by atoms with van der Waals surface area (Å²) >= 11 is 1.47. The van der Waals surface area contributed by atoms with Gasteiger partial charge in [-0.15, -0.1) is 11.3 Å². The van der Waals surface area contributed by atoms with E-state index >= 15 is 0 Å². The Morgan fingerprint density at radius 2 is 1.95 bits per heavy atom. The molecule has 1 aromatic carbocycles. The van der Waals surface area contributed by atoms with Crippen molar-refractivity contribution in [1.82, 2.24) is 35.6 Å². The molecule has 41 heavy (non-hydrogen) atoms. The fourth-order valence-corrected chi connectivity index (χ4v) is 5.32. The molecule has 2 bridgehead atoms. The van der Waals surface area contributed by atoms with E-state index in [0.717, 1.165) is 10.5 Å². The first-order valence-corrected chi connectivity index (χ1v) is 14.3. The van der Waals surface area contributed by atoms with Gasteiger partial charge in [0.25, 0.3) is 5.91 Å². The highest BCUT2D eigenvalue weighted by Gasteiger charge is 2.27. The van der Waals surface area contributed by atoms with E-state index in [9.17, 15) is 19.2 Å². The van der Waals surface area contributed by atoms with Gasteiger partial charge in [0, 0.05) is 30.7 Å². The van der Waals surface area contributed by atoms with E-state index in [0.29, 0.717) is 37.9 Å². The fraction of sp³-hybridized carbons (Fsp3) is 0.357. The molecule has 4 N–H and O–H groups in total. The third-order valence-electron chi connectivity index (χ3n) is 6.74. The van der Waals surface area contributed by atoms with Crippen molar-refractivity contribution in [3.63, 3.8) is 0 Å². The van der Waals surface area contributed by atoms with Gasteiger partial charge in [-0.1, -0.05) is 30.3 Å². The number of carbonyl (C=O) groups excluding carboxylic acids is 4. The van der Waals surface area contributed by atoms with Crippen LogP contribution in [0, 0.1) is 0 Å². The summed E-state index contributed by atoms with van der Waals surface area (Å²) in [6, 6.07) is 7.10. The van der Waals surface area contributed by atoms with Gasteiger partial charge in [-0.2, -0.15) is 0 Å². The molecule has 1 aliphatic rings. The summed E-state index contributed by atoms with van der Waals surface area (Å²) in [5.41, 5.74) is 1.49. The van der Waals surface area contributed by atoms with Crippen LogP contribution in [0.2, 0.25) is 0 Å². The highest BCUT2D eigenvalue weighted by Crippen LogP contribution is 2.15. The standard InChI is InChI=1S/C28H31N7O5S/c1-17-27-34-22(16-40-27)26(39)33-21(13-18-7-3-2-4-8-18)24(37)29-10-6-5-9-20(25(38)30-17)32-23(36)14-19-15-35-11-12-41-28(35)31-19/h2-4,7-8,11-12,15-17,20-21H,5-6,9-10,13-14H2,1H3,(H,29,37)(H,30,38)(H,32,36)(H,33,39)/t17-,20-,21-/m0/s1. The largest absolute Gasteiger partial charge is 0.446 e. The smallest absolute Gasteiger partial charge is 0.273 e. The minimum absolute atomic E-state index is 0.0103. The molecule has 0 fully saturated rings. The first-order valence-electron chi connectivity index (χ1n) is 13.4. The highest BCUT2D eigenvalue weighted by molar-refractivity contribution is 7.15. The third-order valence-corrected chi connectivity index (χ3v) is 7.51. The second kappa shape index (κ2) is 12.8. The van der Waals surface area contributed by atoms with Gasteiger partial charge in [0.1, 0.15) is 24.4 Å². The van der Waals surface area contributed by atoms with Crippen molar-refractivity contribution < 1.29 is 23.6 Å². The zero-order chi connectivity index (χ0) is 28.8. The first-order chi connectivity index (χ1) is 19.9. The van der Waals surface area contributed by atoms with Gasteiger partial charge in [0.05, 0.1) is 12.1 Å². The van der Waals surface area contributed by atoms with Crippen LogP contribution >= 0.6 is 11.3 Å². The predicted molar refractivity (Wildman–Crippen MR) is 150 cm³/mol. The fourth-order valence-electron chi connectivity index (χ4n) is 4.61. The summed E-state index contributed by atoms with van der Waals surface area (Å²) in [5, 5.41) is 13.2. The van der Waals surface area contributed by atoms with Crippen LogP contribution in [0.5, 0.6) is 0 Å². The number of hydrogen-bond donors (Lipinski definition) is 4. The van der Waals surface area contributed by atoms with Crippen LogP contribution in [0.3, 0.4) is 0 Å². The summed E-state index contributed by atoms with van der Waals surface area (Å²) in [6.07, 6.45) is 6.68. The summed E-state index contributed by atoms with van der Waals surface area (Å²) in [4.78, 5) is 61.5. The van der Waals surface area contributed by atoms with Gasteiger partial charge in [0.2, 0.25) is 23.6 Å². The normalized spacial score (nSPS) is 20.7. The van der Waals surface area contributed by atoms with Crippen molar-refractivity contribution in [2.24, 2.45) is 0 Å². The van der Waals surface area contributed by atoms with Crippen molar-refractivity contribution >= 4 is 39.9 Å². The van der Waals surface area contributed by atoms with E-state index in [1.165, 1.54) is 17.6 Å². The number of carbonyl (C=O) groups is 4. The van der Waals surface area contributed by atoms with E-state index in [4.69, 9.17) is 4.42 Å². The summed E-state index contributed by atoms with van der Waals surface area (Å²) < 4.78 is 7.33. The number of nitrogens with one attached hydrogen (secondary N) is 4. The van der Waals surface area contributed by atoms with Crippen LogP contribution < -0.4 is 21.3 Å². The van der Waals surface area contributed by atoms with Crippen molar-refractivity contribution in [2.45, 2.75) is 57.2 Å². The molecular formula is C28H31N7O5S. The topological polar surface area (TPSA) is 160 Å². The van der Waals surface area contributed by atoms with Crippen molar-refractivity contribution in [3.05, 3.63) is 77.2 Å². The molecule has 0 unspecified atom stereocenters. The Morgan fingerprint density at radius 3 is 2.76 bits per heavy atom. The Balaban J connectivity index is 1.29. The average molecular weight is 578 g/mol. The minimum atomic E-state index is -0.819. The Hall–Kier alpha value is -4.52. The molecule has 0 aliphatic carbocycles. The zero-order valence-corrected chi connectivity index (χ0v) is 23.3. The monoisotopic (exact) mass is 577 g/mol. The first kappa shape index (κ1) is 28.0. The molecule has 13 heteroatoms. The molecule has 5 rings (SSSR count). The number of nitrogens with zero attached hydrogens (tertiary/aromatic N) is 3. The van der Waals surface area contributed by atoms with Crippen LogP contribution in [0.25, 0.3) is 4.96 Å². The summed E-state index contributed by atoms with van der Waals surface area (Å²) in [6.45, 7) is 2.02. The van der Waals surface area contributed by atoms with Crippen molar-refractivity contribution in [3.8, 4) is 0 Å². The molecule has 0 spiro atoms. The van der Waals surface area contributed by atoms with E-state index < -0.39 is 29.9 Å². The average Bonchev–Trinajstić information content (AvgIpc) is 3.69.